The summed E-state index contributed by atoms with van der Waals surface area (Å²) in [5.41, 5.74) is 0.554. The van der Waals surface area contributed by atoms with Gasteiger partial charge in [-0.05, 0) is 57.1 Å². The lowest BCUT2D eigenvalue weighted by Gasteiger charge is -2.26. The summed E-state index contributed by atoms with van der Waals surface area (Å²) in [7, 11) is 0. The number of carbonyl (C=O) groups excluding carboxylic acids is 1. The van der Waals surface area contributed by atoms with Gasteiger partial charge in [-0.1, -0.05) is 24.6 Å². The second-order valence-electron chi connectivity index (χ2n) is 6.31. The van der Waals surface area contributed by atoms with E-state index in [-0.39, 0.29) is 5.91 Å². The Morgan fingerprint density at radius 2 is 1.88 bits per heavy atom. The summed E-state index contributed by atoms with van der Waals surface area (Å²) in [4.78, 5) is 18.8. The Labute approximate surface area is 149 Å². The molecule has 0 unspecified atom stereocenters. The van der Waals surface area contributed by atoms with Crippen LogP contribution in [0.4, 0.5) is 0 Å². The number of piperidine rings is 1. The Morgan fingerprint density at radius 1 is 1.08 bits per heavy atom. The van der Waals surface area contributed by atoms with Crippen LogP contribution in [0.5, 0.6) is 11.6 Å². The molecule has 1 aromatic heterocycles. The molecule has 1 N–H and O–H groups in total. The average Bonchev–Trinajstić information content (AvgIpc) is 2.67. The van der Waals surface area contributed by atoms with Crippen molar-refractivity contribution in [3.8, 4) is 11.6 Å². The van der Waals surface area contributed by atoms with Gasteiger partial charge < -0.3 is 15.0 Å². The third-order valence-electron chi connectivity index (χ3n) is 4.35. The minimum atomic E-state index is -0.0857. The van der Waals surface area contributed by atoms with Gasteiger partial charge in [0.1, 0.15) is 5.75 Å². The molecule has 0 radical (unpaired) electrons. The minimum Gasteiger partial charge on any atom is -0.439 e. The van der Waals surface area contributed by atoms with Gasteiger partial charge in [-0.15, -0.1) is 0 Å². The molecular weight excluding hydrogens is 314 g/mol. The van der Waals surface area contributed by atoms with Gasteiger partial charge in [0.05, 0.1) is 5.56 Å². The standard InChI is InChI=1S/C20H25N3O2/c24-20(21-12-7-15-23-13-5-2-6-14-23)17-10-11-19(22-16-17)25-18-8-3-1-4-9-18/h1,3-4,8-11,16H,2,5-7,12-15H2,(H,21,24). The average molecular weight is 339 g/mol. The number of pyridine rings is 1. The number of rotatable bonds is 7. The van der Waals surface area contributed by atoms with Crippen molar-refractivity contribution >= 4 is 5.91 Å². The highest BCUT2D eigenvalue weighted by atomic mass is 16.5. The predicted molar refractivity (Wildman–Crippen MR) is 98.0 cm³/mol. The van der Waals surface area contributed by atoms with Gasteiger partial charge in [0, 0.05) is 18.8 Å². The second-order valence-corrected chi connectivity index (χ2v) is 6.31. The molecular formula is C20H25N3O2. The van der Waals surface area contributed by atoms with E-state index in [1.54, 1.807) is 18.3 Å². The van der Waals surface area contributed by atoms with Crippen LogP contribution in [0.15, 0.2) is 48.7 Å². The first-order valence-electron chi connectivity index (χ1n) is 9.01. The van der Waals surface area contributed by atoms with E-state index in [1.165, 1.54) is 32.4 Å². The van der Waals surface area contributed by atoms with Gasteiger partial charge in [-0.2, -0.15) is 0 Å². The third-order valence-corrected chi connectivity index (χ3v) is 4.35. The topological polar surface area (TPSA) is 54.5 Å². The summed E-state index contributed by atoms with van der Waals surface area (Å²) in [5, 5.41) is 2.96. The van der Waals surface area contributed by atoms with Crippen molar-refractivity contribution in [3.05, 3.63) is 54.2 Å². The summed E-state index contributed by atoms with van der Waals surface area (Å²) >= 11 is 0. The van der Waals surface area contributed by atoms with Crippen molar-refractivity contribution in [1.29, 1.82) is 0 Å². The minimum absolute atomic E-state index is 0.0857. The number of amides is 1. The number of hydrogen-bond acceptors (Lipinski definition) is 4. The van der Waals surface area contributed by atoms with Crippen LogP contribution in [-0.2, 0) is 0 Å². The molecule has 25 heavy (non-hydrogen) atoms. The number of likely N-dealkylation sites (tertiary alicyclic amines) is 1. The molecule has 0 spiro atoms. The Morgan fingerprint density at radius 3 is 2.60 bits per heavy atom. The van der Waals surface area contributed by atoms with E-state index in [0.29, 0.717) is 18.0 Å². The number of nitrogens with zero attached hydrogens (tertiary/aromatic N) is 2. The maximum absolute atomic E-state index is 12.2. The summed E-state index contributed by atoms with van der Waals surface area (Å²) in [6.45, 7) is 4.14. The van der Waals surface area contributed by atoms with E-state index < -0.39 is 0 Å². The zero-order valence-electron chi connectivity index (χ0n) is 14.5. The van der Waals surface area contributed by atoms with Crippen molar-refractivity contribution in [2.75, 3.05) is 26.2 Å². The highest BCUT2D eigenvalue weighted by Gasteiger charge is 2.10. The van der Waals surface area contributed by atoms with Gasteiger partial charge in [0.2, 0.25) is 5.88 Å². The van der Waals surface area contributed by atoms with Crippen LogP contribution in [0.25, 0.3) is 0 Å². The molecule has 1 fully saturated rings. The number of carbonyl (C=O) groups is 1. The maximum atomic E-state index is 12.2. The van der Waals surface area contributed by atoms with Crippen LogP contribution in [0.1, 0.15) is 36.0 Å². The molecule has 1 aromatic carbocycles. The molecule has 3 rings (SSSR count). The summed E-state index contributed by atoms with van der Waals surface area (Å²) in [6, 6.07) is 12.9. The zero-order chi connectivity index (χ0) is 17.3. The van der Waals surface area contributed by atoms with Crippen molar-refractivity contribution in [1.82, 2.24) is 15.2 Å². The van der Waals surface area contributed by atoms with Crippen molar-refractivity contribution in [2.45, 2.75) is 25.7 Å². The molecule has 1 aliphatic heterocycles. The molecule has 0 saturated carbocycles. The van der Waals surface area contributed by atoms with Gasteiger partial charge in [-0.25, -0.2) is 4.98 Å². The number of para-hydroxylation sites is 1. The van der Waals surface area contributed by atoms with Gasteiger partial charge in [0.15, 0.2) is 0 Å². The Hall–Kier alpha value is -2.40. The Balaban J connectivity index is 1.41. The third kappa shape index (κ3) is 5.57. The highest BCUT2D eigenvalue weighted by molar-refractivity contribution is 5.93. The normalized spacial score (nSPS) is 14.9. The molecule has 132 valence electrons. The van der Waals surface area contributed by atoms with E-state index in [9.17, 15) is 4.79 Å². The second kappa shape index (κ2) is 9.18. The monoisotopic (exact) mass is 339 g/mol. The first-order chi connectivity index (χ1) is 12.3. The van der Waals surface area contributed by atoms with Crippen molar-refractivity contribution in [2.24, 2.45) is 0 Å². The van der Waals surface area contributed by atoms with Crippen LogP contribution in [0.2, 0.25) is 0 Å². The Bertz CT molecular complexity index is 652. The van der Waals surface area contributed by atoms with Gasteiger partial charge in [-0.3, -0.25) is 4.79 Å². The molecule has 2 aromatic rings. The number of benzene rings is 1. The molecule has 5 heteroatoms. The first-order valence-corrected chi connectivity index (χ1v) is 9.01. The van der Waals surface area contributed by atoms with Crippen molar-refractivity contribution in [3.63, 3.8) is 0 Å². The van der Waals surface area contributed by atoms with Gasteiger partial charge >= 0.3 is 0 Å². The Kier molecular flexibility index (Phi) is 6.40. The number of nitrogens with one attached hydrogen (secondary N) is 1. The van der Waals surface area contributed by atoms with Crippen LogP contribution in [-0.4, -0.2) is 42.0 Å². The molecule has 0 bridgehead atoms. The number of hydrogen-bond donors (Lipinski definition) is 1. The fourth-order valence-electron chi connectivity index (χ4n) is 2.97. The molecule has 1 amide bonds. The maximum Gasteiger partial charge on any atom is 0.252 e. The smallest absolute Gasteiger partial charge is 0.252 e. The number of ether oxygens (including phenoxy) is 1. The quantitative estimate of drug-likeness (QED) is 0.785. The fourth-order valence-corrected chi connectivity index (χ4v) is 2.97. The lowest BCUT2D eigenvalue weighted by molar-refractivity contribution is 0.0950. The van der Waals surface area contributed by atoms with E-state index >= 15 is 0 Å². The van der Waals surface area contributed by atoms with Crippen LogP contribution >= 0.6 is 0 Å². The summed E-state index contributed by atoms with van der Waals surface area (Å²) in [5.74, 6) is 1.12. The molecule has 5 nitrogen and oxygen atoms in total. The van der Waals surface area contributed by atoms with E-state index in [4.69, 9.17) is 4.74 Å². The lowest BCUT2D eigenvalue weighted by Crippen LogP contribution is -2.33. The largest absolute Gasteiger partial charge is 0.439 e. The zero-order valence-corrected chi connectivity index (χ0v) is 14.5. The summed E-state index contributed by atoms with van der Waals surface area (Å²) < 4.78 is 5.63. The molecule has 1 saturated heterocycles. The first kappa shape index (κ1) is 17.4. The fraction of sp³-hybridized carbons (Fsp3) is 0.400. The number of aromatic nitrogens is 1. The summed E-state index contributed by atoms with van der Waals surface area (Å²) in [6.07, 6.45) is 6.49. The van der Waals surface area contributed by atoms with E-state index in [2.05, 4.69) is 15.2 Å². The SMILES string of the molecule is O=C(NCCCN1CCCCC1)c1ccc(Oc2ccccc2)nc1. The molecule has 0 aliphatic carbocycles. The van der Waals surface area contributed by atoms with Crippen molar-refractivity contribution < 1.29 is 9.53 Å². The lowest BCUT2D eigenvalue weighted by atomic mass is 10.1. The van der Waals surface area contributed by atoms with Gasteiger partial charge in [0.25, 0.3) is 5.91 Å². The van der Waals surface area contributed by atoms with Crippen LogP contribution in [0, 0.1) is 0 Å². The van der Waals surface area contributed by atoms with E-state index in [1.807, 2.05) is 30.3 Å². The highest BCUT2D eigenvalue weighted by Crippen LogP contribution is 2.18. The molecule has 2 heterocycles. The molecule has 1 aliphatic rings. The van der Waals surface area contributed by atoms with E-state index in [0.717, 1.165) is 18.7 Å². The predicted octanol–water partition coefficient (Wildman–Crippen LogP) is 3.48. The molecule has 0 atom stereocenters. The van der Waals surface area contributed by atoms with Crippen LogP contribution < -0.4 is 10.1 Å². The van der Waals surface area contributed by atoms with Crippen LogP contribution in [0.3, 0.4) is 0 Å².